The van der Waals surface area contributed by atoms with Crippen LogP contribution in [0.25, 0.3) is 10.9 Å². The Balaban J connectivity index is 1.70. The van der Waals surface area contributed by atoms with E-state index in [4.69, 9.17) is 23.2 Å². The molecule has 0 radical (unpaired) electrons. The molecule has 1 aliphatic heterocycles. The van der Waals surface area contributed by atoms with Crippen molar-refractivity contribution < 1.29 is 4.39 Å². The molecule has 1 N–H and O–H groups in total. The second kappa shape index (κ2) is 6.76. The fourth-order valence-electron chi connectivity index (χ4n) is 3.92. The van der Waals surface area contributed by atoms with Gasteiger partial charge in [-0.15, -0.1) is 0 Å². The molecule has 0 bridgehead atoms. The van der Waals surface area contributed by atoms with E-state index in [1.807, 2.05) is 18.2 Å². The molecule has 2 aromatic heterocycles. The average Bonchev–Trinajstić information content (AvgIpc) is 3.06. The quantitative estimate of drug-likeness (QED) is 0.468. The topological polar surface area (TPSA) is 44.8 Å². The number of aromatic amines is 1. The largest absolute Gasteiger partial charge is 0.356 e. The molecule has 1 atom stereocenters. The van der Waals surface area contributed by atoms with Crippen molar-refractivity contribution >= 4 is 40.1 Å². The first-order valence-corrected chi connectivity index (χ1v) is 9.65. The maximum Gasteiger partial charge on any atom is 0.226 e. The van der Waals surface area contributed by atoms with Crippen molar-refractivity contribution in [1.29, 1.82) is 0 Å². The van der Waals surface area contributed by atoms with Gasteiger partial charge in [-0.05, 0) is 47.9 Å². The Morgan fingerprint density at radius 2 is 1.75 bits per heavy atom. The Morgan fingerprint density at radius 3 is 2.50 bits per heavy atom. The molecular formula is C21H15Cl2FN4. The molecule has 140 valence electrons. The Hall–Kier alpha value is -2.63. The van der Waals surface area contributed by atoms with Crippen LogP contribution in [0.1, 0.15) is 22.9 Å². The van der Waals surface area contributed by atoms with E-state index in [9.17, 15) is 4.39 Å². The summed E-state index contributed by atoms with van der Waals surface area (Å²) in [6, 6.07) is 12.2. The van der Waals surface area contributed by atoms with E-state index < -0.39 is 0 Å². The Bertz CT molecular complexity index is 1160. The number of anilines is 1. The number of rotatable bonds is 2. The number of nitrogens with zero attached hydrogens (tertiary/aromatic N) is 3. The molecule has 0 amide bonds. The van der Waals surface area contributed by atoms with Crippen LogP contribution in [-0.2, 0) is 6.42 Å². The number of benzene rings is 2. The first-order chi connectivity index (χ1) is 13.6. The van der Waals surface area contributed by atoms with Gasteiger partial charge in [-0.25, -0.2) is 14.4 Å². The van der Waals surface area contributed by atoms with Gasteiger partial charge in [-0.3, -0.25) is 0 Å². The standard InChI is InChI=1S/C21H15Cl2FN4/c22-13-3-6-18-17(9-13)16-7-8-28(21-25-10-14(23)11-26-21)20(19(16)27-18)12-1-4-15(24)5-2-12/h1-6,9-11,20,27H,7-8H2. The molecule has 4 aromatic rings. The van der Waals surface area contributed by atoms with E-state index in [1.165, 1.54) is 17.7 Å². The molecule has 0 fully saturated rings. The summed E-state index contributed by atoms with van der Waals surface area (Å²) in [7, 11) is 0. The van der Waals surface area contributed by atoms with Crippen molar-refractivity contribution in [1.82, 2.24) is 15.0 Å². The van der Waals surface area contributed by atoms with Crippen LogP contribution in [0.15, 0.2) is 54.9 Å². The lowest BCUT2D eigenvalue weighted by molar-refractivity contribution is 0.613. The molecule has 4 nitrogen and oxygen atoms in total. The zero-order valence-electron chi connectivity index (χ0n) is 14.7. The summed E-state index contributed by atoms with van der Waals surface area (Å²) in [5.74, 6) is 0.318. The van der Waals surface area contributed by atoms with Crippen LogP contribution in [0.5, 0.6) is 0 Å². The molecule has 0 aliphatic carbocycles. The lowest BCUT2D eigenvalue weighted by Gasteiger charge is -2.36. The number of hydrogen-bond acceptors (Lipinski definition) is 3. The molecule has 1 aliphatic rings. The third-order valence-electron chi connectivity index (χ3n) is 5.14. The van der Waals surface area contributed by atoms with Crippen molar-refractivity contribution in [3.05, 3.63) is 87.5 Å². The van der Waals surface area contributed by atoms with Gasteiger partial charge in [0.2, 0.25) is 5.95 Å². The van der Waals surface area contributed by atoms with Gasteiger partial charge in [-0.2, -0.15) is 0 Å². The van der Waals surface area contributed by atoms with Crippen LogP contribution in [0.3, 0.4) is 0 Å². The molecule has 0 spiro atoms. The minimum absolute atomic E-state index is 0.170. The van der Waals surface area contributed by atoms with Crippen LogP contribution >= 0.6 is 23.2 Å². The van der Waals surface area contributed by atoms with Gasteiger partial charge in [0.1, 0.15) is 5.82 Å². The van der Waals surface area contributed by atoms with Crippen LogP contribution in [-0.4, -0.2) is 21.5 Å². The van der Waals surface area contributed by atoms with Gasteiger partial charge in [0.05, 0.1) is 23.5 Å². The maximum absolute atomic E-state index is 13.6. The molecule has 0 saturated heterocycles. The molecule has 1 unspecified atom stereocenters. The SMILES string of the molecule is Fc1ccc(C2c3[nH]c4ccc(Cl)cc4c3CCN2c2ncc(Cl)cn2)cc1. The second-order valence-corrected chi connectivity index (χ2v) is 7.68. The van der Waals surface area contributed by atoms with Crippen molar-refractivity contribution in [2.75, 3.05) is 11.4 Å². The van der Waals surface area contributed by atoms with Crippen LogP contribution in [0.4, 0.5) is 10.3 Å². The lowest BCUT2D eigenvalue weighted by Crippen LogP contribution is -2.37. The first kappa shape index (κ1) is 17.5. The van der Waals surface area contributed by atoms with Gasteiger partial charge >= 0.3 is 0 Å². The number of fused-ring (bicyclic) bond motifs is 3. The predicted octanol–water partition coefficient (Wildman–Crippen LogP) is 5.56. The van der Waals surface area contributed by atoms with Gasteiger partial charge in [-0.1, -0.05) is 35.3 Å². The van der Waals surface area contributed by atoms with E-state index >= 15 is 0 Å². The predicted molar refractivity (Wildman–Crippen MR) is 110 cm³/mol. The Kier molecular flexibility index (Phi) is 4.22. The fourth-order valence-corrected chi connectivity index (χ4v) is 4.19. The van der Waals surface area contributed by atoms with Crippen LogP contribution < -0.4 is 4.90 Å². The number of H-pyrrole nitrogens is 1. The van der Waals surface area contributed by atoms with E-state index in [-0.39, 0.29) is 11.9 Å². The minimum Gasteiger partial charge on any atom is -0.356 e. The van der Waals surface area contributed by atoms with E-state index in [0.29, 0.717) is 16.0 Å². The number of hydrogen-bond donors (Lipinski definition) is 1. The van der Waals surface area contributed by atoms with Gasteiger partial charge in [0.25, 0.3) is 0 Å². The third kappa shape index (κ3) is 2.91. The highest BCUT2D eigenvalue weighted by Crippen LogP contribution is 2.40. The normalized spacial score (nSPS) is 16.4. The van der Waals surface area contributed by atoms with E-state index in [0.717, 1.165) is 35.1 Å². The smallest absolute Gasteiger partial charge is 0.226 e. The Morgan fingerprint density at radius 1 is 1.00 bits per heavy atom. The van der Waals surface area contributed by atoms with Gasteiger partial charge in [0.15, 0.2) is 0 Å². The van der Waals surface area contributed by atoms with Gasteiger partial charge in [0, 0.05) is 28.2 Å². The average molecular weight is 413 g/mol. The molecule has 3 heterocycles. The third-order valence-corrected chi connectivity index (χ3v) is 5.57. The molecule has 28 heavy (non-hydrogen) atoms. The zero-order valence-corrected chi connectivity index (χ0v) is 16.2. The minimum atomic E-state index is -0.266. The summed E-state index contributed by atoms with van der Waals surface area (Å²) in [6.07, 6.45) is 4.00. The Labute approximate surface area is 170 Å². The highest BCUT2D eigenvalue weighted by molar-refractivity contribution is 6.31. The zero-order chi connectivity index (χ0) is 19.3. The second-order valence-electron chi connectivity index (χ2n) is 6.81. The van der Waals surface area contributed by atoms with Gasteiger partial charge < -0.3 is 9.88 Å². The monoisotopic (exact) mass is 412 g/mol. The highest BCUT2D eigenvalue weighted by atomic mass is 35.5. The highest BCUT2D eigenvalue weighted by Gasteiger charge is 2.33. The summed E-state index contributed by atoms with van der Waals surface area (Å²) >= 11 is 12.2. The molecule has 5 rings (SSSR count). The fraction of sp³-hybridized carbons (Fsp3) is 0.143. The van der Waals surface area contributed by atoms with Crippen LogP contribution in [0.2, 0.25) is 10.0 Å². The number of aromatic nitrogens is 3. The van der Waals surface area contributed by atoms with Crippen molar-refractivity contribution in [2.24, 2.45) is 0 Å². The van der Waals surface area contributed by atoms with Crippen molar-refractivity contribution in [3.8, 4) is 0 Å². The summed E-state index contributed by atoms with van der Waals surface area (Å²) < 4.78 is 13.6. The molecule has 7 heteroatoms. The summed E-state index contributed by atoms with van der Waals surface area (Å²) in [5.41, 5.74) is 4.25. The molecule has 0 saturated carbocycles. The summed E-state index contributed by atoms with van der Waals surface area (Å²) in [4.78, 5) is 14.5. The van der Waals surface area contributed by atoms with Crippen molar-refractivity contribution in [2.45, 2.75) is 12.5 Å². The van der Waals surface area contributed by atoms with E-state index in [2.05, 4.69) is 19.9 Å². The first-order valence-electron chi connectivity index (χ1n) is 8.90. The summed E-state index contributed by atoms with van der Waals surface area (Å²) in [5, 5.41) is 2.31. The lowest BCUT2D eigenvalue weighted by atomic mass is 9.92. The van der Waals surface area contributed by atoms with Crippen molar-refractivity contribution in [3.63, 3.8) is 0 Å². The molecule has 2 aromatic carbocycles. The molecular weight excluding hydrogens is 398 g/mol. The summed E-state index contributed by atoms with van der Waals surface area (Å²) in [6.45, 7) is 0.718. The number of halogens is 3. The number of nitrogens with one attached hydrogen (secondary N) is 1. The maximum atomic E-state index is 13.6. The van der Waals surface area contributed by atoms with E-state index in [1.54, 1.807) is 24.5 Å². The van der Waals surface area contributed by atoms with Crippen LogP contribution in [0, 0.1) is 5.82 Å².